The summed E-state index contributed by atoms with van der Waals surface area (Å²) in [5.41, 5.74) is 6.27. The minimum absolute atomic E-state index is 0.0555. The van der Waals surface area contributed by atoms with Crippen LogP contribution in [-0.2, 0) is 6.54 Å². The van der Waals surface area contributed by atoms with Crippen LogP contribution in [0.4, 0.5) is 14.9 Å². The molecule has 182 valence electrons. The molecule has 10 heteroatoms. The second-order valence-electron chi connectivity index (χ2n) is 8.83. The van der Waals surface area contributed by atoms with Crippen molar-refractivity contribution in [3.05, 3.63) is 69.8 Å². The molecule has 1 aliphatic carbocycles. The number of anilines is 1. The molecule has 35 heavy (non-hydrogen) atoms. The molecule has 2 aliphatic rings. The molecule has 0 atom stereocenters. The zero-order chi connectivity index (χ0) is 24.7. The number of benzene rings is 2. The molecule has 1 saturated heterocycles. The Balaban J connectivity index is 1.36. The van der Waals surface area contributed by atoms with Crippen LogP contribution < -0.4 is 20.8 Å². The van der Waals surface area contributed by atoms with Crippen molar-refractivity contribution in [1.29, 1.82) is 0 Å². The van der Waals surface area contributed by atoms with Crippen LogP contribution >= 0.6 is 0 Å². The molecule has 0 radical (unpaired) electrons. The number of fused-ring (bicyclic) bond motifs is 1. The maximum absolute atomic E-state index is 15.1. The van der Waals surface area contributed by atoms with Crippen molar-refractivity contribution in [3.63, 3.8) is 0 Å². The first-order valence-electron chi connectivity index (χ1n) is 11.5. The van der Waals surface area contributed by atoms with Gasteiger partial charge in [-0.25, -0.2) is 14.0 Å². The SMILES string of the molecule is NCc1cccc(OC(=O)N2CCN(c3cc4c(cc3F)c(=O)c(C(=O)O)cn4C3CC3)CC2)c1. The molecule has 1 saturated carbocycles. The van der Waals surface area contributed by atoms with Crippen molar-refractivity contribution >= 4 is 28.7 Å². The van der Waals surface area contributed by atoms with E-state index in [0.717, 1.165) is 24.5 Å². The van der Waals surface area contributed by atoms with Gasteiger partial charge < -0.3 is 29.9 Å². The lowest BCUT2D eigenvalue weighted by Crippen LogP contribution is -2.49. The molecule has 2 fully saturated rings. The summed E-state index contributed by atoms with van der Waals surface area (Å²) < 4.78 is 22.4. The molecule has 1 amide bonds. The number of carboxylic acid groups (broad SMARTS) is 1. The zero-order valence-corrected chi connectivity index (χ0v) is 18.9. The van der Waals surface area contributed by atoms with Gasteiger partial charge in [0, 0.05) is 50.3 Å². The number of aromatic nitrogens is 1. The molecular weight excluding hydrogens is 455 g/mol. The summed E-state index contributed by atoms with van der Waals surface area (Å²) in [5.74, 6) is -1.51. The number of hydrogen-bond donors (Lipinski definition) is 2. The number of piperazine rings is 1. The van der Waals surface area contributed by atoms with Gasteiger partial charge in [0.25, 0.3) is 0 Å². The fourth-order valence-electron chi connectivity index (χ4n) is 4.44. The van der Waals surface area contributed by atoms with Crippen LogP contribution in [0.15, 0.2) is 47.4 Å². The topological polar surface area (TPSA) is 118 Å². The van der Waals surface area contributed by atoms with E-state index in [2.05, 4.69) is 0 Å². The second-order valence-corrected chi connectivity index (χ2v) is 8.83. The normalized spacial score (nSPS) is 15.9. The molecule has 1 aliphatic heterocycles. The number of aromatic carboxylic acids is 1. The number of amides is 1. The first-order valence-corrected chi connectivity index (χ1v) is 11.5. The molecule has 9 nitrogen and oxygen atoms in total. The number of halogens is 1. The number of nitrogens with zero attached hydrogens (tertiary/aromatic N) is 3. The first kappa shape index (κ1) is 22.9. The maximum Gasteiger partial charge on any atom is 0.415 e. The Labute approximate surface area is 200 Å². The monoisotopic (exact) mass is 480 g/mol. The summed E-state index contributed by atoms with van der Waals surface area (Å²) in [6, 6.07) is 9.86. The minimum Gasteiger partial charge on any atom is -0.477 e. The number of rotatable bonds is 5. The van der Waals surface area contributed by atoms with Crippen molar-refractivity contribution in [3.8, 4) is 5.75 Å². The molecule has 3 aromatic rings. The lowest BCUT2D eigenvalue weighted by molar-refractivity contribution is 0.0694. The number of carboxylic acids is 1. The fraction of sp³-hybridized carbons (Fsp3) is 0.320. The van der Waals surface area contributed by atoms with E-state index in [-0.39, 0.29) is 17.0 Å². The summed E-state index contributed by atoms with van der Waals surface area (Å²) in [7, 11) is 0. The Bertz CT molecular complexity index is 1380. The van der Waals surface area contributed by atoms with E-state index < -0.39 is 23.3 Å². The van der Waals surface area contributed by atoms with Gasteiger partial charge in [-0.2, -0.15) is 0 Å². The van der Waals surface area contributed by atoms with Crippen molar-refractivity contribution in [2.75, 3.05) is 31.1 Å². The molecule has 0 unspecified atom stereocenters. The number of pyridine rings is 1. The highest BCUT2D eigenvalue weighted by Gasteiger charge is 2.29. The Kier molecular flexibility index (Phi) is 5.89. The van der Waals surface area contributed by atoms with Gasteiger partial charge >= 0.3 is 12.1 Å². The third-order valence-corrected chi connectivity index (χ3v) is 6.49. The second kappa shape index (κ2) is 9.03. The first-order chi connectivity index (χ1) is 16.9. The summed E-state index contributed by atoms with van der Waals surface area (Å²) in [6.07, 6.45) is 2.62. The van der Waals surface area contributed by atoms with Crippen molar-refractivity contribution < 1.29 is 23.8 Å². The van der Waals surface area contributed by atoms with Gasteiger partial charge in [0.05, 0.1) is 11.2 Å². The van der Waals surface area contributed by atoms with E-state index in [0.29, 0.717) is 49.7 Å². The van der Waals surface area contributed by atoms with Crippen molar-refractivity contribution in [2.45, 2.75) is 25.4 Å². The Morgan fingerprint density at radius 1 is 1.11 bits per heavy atom. The average molecular weight is 480 g/mol. The number of carbonyl (C=O) groups is 2. The minimum atomic E-state index is -1.33. The van der Waals surface area contributed by atoms with Crippen LogP contribution in [0.25, 0.3) is 10.9 Å². The van der Waals surface area contributed by atoms with Gasteiger partial charge in [-0.1, -0.05) is 12.1 Å². The standard InChI is InChI=1S/C25H25FN4O5/c26-20-11-18-21(30(16-4-5-16)14-19(23(18)31)24(32)33)12-22(20)28-6-8-29(9-7-28)25(34)35-17-3-1-2-15(10-17)13-27/h1-3,10-12,14,16H,4-9,13,27H2,(H,32,33). The molecular formula is C25H25FN4O5. The Morgan fingerprint density at radius 2 is 1.86 bits per heavy atom. The highest BCUT2D eigenvalue weighted by atomic mass is 19.1. The van der Waals surface area contributed by atoms with E-state index in [4.69, 9.17) is 10.5 Å². The van der Waals surface area contributed by atoms with Gasteiger partial charge in [-0.15, -0.1) is 0 Å². The fourth-order valence-corrected chi connectivity index (χ4v) is 4.44. The quantitative estimate of drug-likeness (QED) is 0.576. The average Bonchev–Trinajstić information content (AvgIpc) is 3.70. The Morgan fingerprint density at radius 3 is 2.51 bits per heavy atom. The Hall–Kier alpha value is -3.92. The van der Waals surface area contributed by atoms with Crippen LogP contribution in [0.3, 0.4) is 0 Å². The molecule has 2 heterocycles. The number of nitrogens with two attached hydrogens (primary N) is 1. The van der Waals surface area contributed by atoms with Gasteiger partial charge in [0.2, 0.25) is 5.43 Å². The summed E-state index contributed by atoms with van der Waals surface area (Å²) >= 11 is 0. The van der Waals surface area contributed by atoms with Crippen LogP contribution in [-0.4, -0.2) is 52.8 Å². The lowest BCUT2D eigenvalue weighted by atomic mass is 10.1. The third-order valence-electron chi connectivity index (χ3n) is 6.49. The number of ether oxygens (including phenoxy) is 1. The zero-order valence-electron chi connectivity index (χ0n) is 18.9. The predicted molar refractivity (Wildman–Crippen MR) is 128 cm³/mol. The number of hydrogen-bond acceptors (Lipinski definition) is 6. The van der Waals surface area contributed by atoms with Crippen molar-refractivity contribution in [1.82, 2.24) is 9.47 Å². The maximum atomic E-state index is 15.1. The van der Waals surface area contributed by atoms with Gasteiger partial charge in [0.1, 0.15) is 17.1 Å². The highest BCUT2D eigenvalue weighted by Crippen LogP contribution is 2.38. The molecule has 1 aromatic heterocycles. The molecule has 0 spiro atoms. The van der Waals surface area contributed by atoms with Crippen LogP contribution in [0.2, 0.25) is 0 Å². The molecule has 3 N–H and O–H groups in total. The molecule has 5 rings (SSSR count). The van der Waals surface area contributed by atoms with E-state index >= 15 is 4.39 Å². The summed E-state index contributed by atoms with van der Waals surface area (Å²) in [4.78, 5) is 40.2. The molecule has 2 aromatic carbocycles. The predicted octanol–water partition coefficient (Wildman–Crippen LogP) is 2.95. The molecule has 0 bridgehead atoms. The van der Waals surface area contributed by atoms with E-state index in [1.54, 1.807) is 33.7 Å². The van der Waals surface area contributed by atoms with Crippen LogP contribution in [0.5, 0.6) is 5.75 Å². The highest BCUT2D eigenvalue weighted by molar-refractivity contribution is 5.93. The number of carbonyl (C=O) groups excluding carboxylic acids is 1. The summed E-state index contributed by atoms with van der Waals surface area (Å²) in [6.45, 7) is 1.76. The van der Waals surface area contributed by atoms with Gasteiger partial charge in [-0.3, -0.25) is 4.79 Å². The van der Waals surface area contributed by atoms with Crippen molar-refractivity contribution in [2.24, 2.45) is 5.73 Å². The van der Waals surface area contributed by atoms with Gasteiger partial charge in [0.15, 0.2) is 0 Å². The van der Waals surface area contributed by atoms with E-state index in [9.17, 15) is 19.5 Å². The lowest BCUT2D eigenvalue weighted by Gasteiger charge is -2.35. The summed E-state index contributed by atoms with van der Waals surface area (Å²) in [5, 5.41) is 9.46. The van der Waals surface area contributed by atoms with Crippen LogP contribution in [0.1, 0.15) is 34.8 Å². The van der Waals surface area contributed by atoms with E-state index in [1.165, 1.54) is 6.20 Å². The smallest absolute Gasteiger partial charge is 0.415 e. The van der Waals surface area contributed by atoms with Crippen LogP contribution in [0, 0.1) is 5.82 Å². The van der Waals surface area contributed by atoms with Gasteiger partial charge in [-0.05, 0) is 42.7 Å². The van der Waals surface area contributed by atoms with E-state index in [1.807, 2.05) is 11.0 Å². The largest absolute Gasteiger partial charge is 0.477 e. The third kappa shape index (κ3) is 4.44.